The molecular weight excluding hydrogens is 400 g/mol. The highest BCUT2D eigenvalue weighted by atomic mass is 32.2. The maximum atomic E-state index is 12.3. The Hall–Kier alpha value is -2.45. The van der Waals surface area contributed by atoms with Crippen LogP contribution in [0.15, 0.2) is 30.5 Å². The number of benzene rings is 1. The molecule has 2 unspecified atom stereocenters. The van der Waals surface area contributed by atoms with Gasteiger partial charge in [-0.05, 0) is 68.5 Å². The lowest BCUT2D eigenvalue weighted by Crippen LogP contribution is -2.38. The molecule has 30 heavy (non-hydrogen) atoms. The number of carbonyl (C=O) groups is 1. The highest BCUT2D eigenvalue weighted by Gasteiger charge is 2.22. The number of fused-ring (bicyclic) bond motifs is 1. The Labute approximate surface area is 179 Å². The van der Waals surface area contributed by atoms with Crippen LogP contribution in [0.4, 0.5) is 10.5 Å². The first kappa shape index (κ1) is 20.8. The number of hydrogen-bond donors (Lipinski definition) is 2. The number of carbonyl (C=O) groups excluding carboxylic acids is 1. The molecule has 1 fully saturated rings. The van der Waals surface area contributed by atoms with Crippen LogP contribution in [-0.2, 0) is 23.8 Å². The first-order valence-corrected chi connectivity index (χ1v) is 11.9. The van der Waals surface area contributed by atoms with E-state index in [4.69, 9.17) is 4.74 Å². The fourth-order valence-corrected chi connectivity index (χ4v) is 4.66. The number of nitrogens with zero attached hydrogens (tertiary/aromatic N) is 2. The second-order valence-electron chi connectivity index (χ2n) is 8.02. The SMILES string of the molecule is CN1CCCC(Oc2cc(-c3ccc4c(c3NC(=O)NS(C)=O)CCC4)ccn2)C1. The summed E-state index contributed by atoms with van der Waals surface area (Å²) in [6, 6.07) is 7.57. The summed E-state index contributed by atoms with van der Waals surface area (Å²) in [4.78, 5) is 19.0. The van der Waals surface area contributed by atoms with E-state index in [0.29, 0.717) is 5.88 Å². The Kier molecular flexibility index (Phi) is 6.34. The zero-order chi connectivity index (χ0) is 21.1. The number of nitrogens with one attached hydrogen (secondary N) is 2. The van der Waals surface area contributed by atoms with Crippen LogP contribution >= 0.6 is 0 Å². The second-order valence-corrected chi connectivity index (χ2v) is 9.13. The van der Waals surface area contributed by atoms with Crippen molar-refractivity contribution < 1.29 is 13.7 Å². The van der Waals surface area contributed by atoms with Crippen LogP contribution < -0.4 is 14.8 Å². The number of amides is 2. The molecule has 160 valence electrons. The van der Waals surface area contributed by atoms with E-state index in [2.05, 4.69) is 33.0 Å². The molecule has 1 aliphatic heterocycles. The van der Waals surface area contributed by atoms with Crippen molar-refractivity contribution in [3.05, 3.63) is 41.6 Å². The summed E-state index contributed by atoms with van der Waals surface area (Å²) in [6.07, 6.45) is 8.44. The quantitative estimate of drug-likeness (QED) is 0.765. The molecule has 4 rings (SSSR count). The van der Waals surface area contributed by atoms with Gasteiger partial charge in [0.1, 0.15) is 17.1 Å². The van der Waals surface area contributed by atoms with Gasteiger partial charge in [0, 0.05) is 30.6 Å². The molecule has 0 bridgehead atoms. The topological polar surface area (TPSA) is 83.6 Å². The van der Waals surface area contributed by atoms with Gasteiger partial charge in [0.15, 0.2) is 0 Å². The van der Waals surface area contributed by atoms with E-state index < -0.39 is 17.0 Å². The molecule has 2 heterocycles. The van der Waals surface area contributed by atoms with E-state index in [1.54, 1.807) is 6.20 Å². The van der Waals surface area contributed by atoms with Crippen molar-refractivity contribution in [2.24, 2.45) is 0 Å². The maximum Gasteiger partial charge on any atom is 0.331 e. The molecule has 0 spiro atoms. The molecule has 2 amide bonds. The third-order valence-corrected chi connectivity index (χ3v) is 6.15. The van der Waals surface area contributed by atoms with Crippen LogP contribution in [0.3, 0.4) is 0 Å². The van der Waals surface area contributed by atoms with Gasteiger partial charge in [-0.25, -0.2) is 14.0 Å². The van der Waals surface area contributed by atoms with Crippen molar-refractivity contribution in [1.29, 1.82) is 0 Å². The van der Waals surface area contributed by atoms with E-state index in [9.17, 15) is 9.00 Å². The number of urea groups is 1. The van der Waals surface area contributed by atoms with E-state index in [1.807, 2.05) is 18.2 Å². The molecule has 1 aromatic heterocycles. The highest BCUT2D eigenvalue weighted by molar-refractivity contribution is 7.82. The summed E-state index contributed by atoms with van der Waals surface area (Å²) in [5.74, 6) is 0.596. The number of likely N-dealkylation sites (N-methyl/N-ethyl adjacent to an activating group) is 1. The Morgan fingerprint density at radius 3 is 2.93 bits per heavy atom. The Morgan fingerprint density at radius 2 is 2.13 bits per heavy atom. The van der Waals surface area contributed by atoms with E-state index in [1.165, 1.54) is 11.8 Å². The monoisotopic (exact) mass is 428 g/mol. The second kappa shape index (κ2) is 9.14. The van der Waals surface area contributed by atoms with Crippen LogP contribution in [-0.4, -0.2) is 52.6 Å². The molecule has 0 saturated carbocycles. The number of likely N-dealkylation sites (tertiary alicyclic amines) is 1. The molecule has 1 saturated heterocycles. The fraction of sp³-hybridized carbons (Fsp3) is 0.455. The minimum absolute atomic E-state index is 0.134. The minimum Gasteiger partial charge on any atom is -0.473 e. The van der Waals surface area contributed by atoms with Crippen molar-refractivity contribution in [3.63, 3.8) is 0 Å². The van der Waals surface area contributed by atoms with Crippen LogP contribution in [0, 0.1) is 0 Å². The Balaban J connectivity index is 1.63. The smallest absolute Gasteiger partial charge is 0.331 e. The molecule has 1 aromatic carbocycles. The van der Waals surface area contributed by atoms with Crippen LogP contribution in [0.1, 0.15) is 30.4 Å². The molecule has 7 nitrogen and oxygen atoms in total. The van der Waals surface area contributed by atoms with Crippen LogP contribution in [0.5, 0.6) is 5.88 Å². The lowest BCUT2D eigenvalue weighted by Gasteiger charge is -2.29. The largest absolute Gasteiger partial charge is 0.473 e. The fourth-order valence-electron chi connectivity index (χ4n) is 4.35. The van der Waals surface area contributed by atoms with Gasteiger partial charge in [0.05, 0.1) is 5.69 Å². The summed E-state index contributed by atoms with van der Waals surface area (Å²) in [6.45, 7) is 1.99. The van der Waals surface area contributed by atoms with Gasteiger partial charge >= 0.3 is 6.03 Å². The van der Waals surface area contributed by atoms with Gasteiger partial charge in [-0.15, -0.1) is 0 Å². The third-order valence-electron chi connectivity index (χ3n) is 5.67. The van der Waals surface area contributed by atoms with Crippen molar-refractivity contribution >= 4 is 22.7 Å². The molecular formula is C22H28N4O3S. The molecule has 2 aromatic rings. The number of rotatable bonds is 5. The van der Waals surface area contributed by atoms with Gasteiger partial charge in [-0.2, -0.15) is 0 Å². The molecule has 2 aliphatic rings. The average molecular weight is 429 g/mol. The zero-order valence-corrected chi connectivity index (χ0v) is 18.3. The van der Waals surface area contributed by atoms with Crippen molar-refractivity contribution in [3.8, 4) is 17.0 Å². The normalized spacial score (nSPS) is 19.7. The lowest BCUT2D eigenvalue weighted by atomic mass is 9.98. The number of aromatic nitrogens is 1. The first-order valence-electron chi connectivity index (χ1n) is 10.4. The minimum atomic E-state index is -1.43. The van der Waals surface area contributed by atoms with Crippen molar-refractivity contribution in [1.82, 2.24) is 14.6 Å². The Morgan fingerprint density at radius 1 is 1.27 bits per heavy atom. The third kappa shape index (κ3) is 4.82. The Bertz CT molecular complexity index is 965. The number of pyridine rings is 1. The van der Waals surface area contributed by atoms with Crippen LogP contribution in [0.2, 0.25) is 0 Å². The van der Waals surface area contributed by atoms with Gasteiger partial charge < -0.3 is 15.0 Å². The number of aryl methyl sites for hydroxylation is 1. The highest BCUT2D eigenvalue weighted by Crippen LogP contribution is 2.38. The van der Waals surface area contributed by atoms with Crippen LogP contribution in [0.25, 0.3) is 11.1 Å². The van der Waals surface area contributed by atoms with Crippen molar-refractivity contribution in [2.45, 2.75) is 38.2 Å². The maximum absolute atomic E-state index is 12.3. The summed E-state index contributed by atoms with van der Waals surface area (Å²) in [7, 11) is 0.682. The predicted octanol–water partition coefficient (Wildman–Crippen LogP) is 3.13. The summed E-state index contributed by atoms with van der Waals surface area (Å²) >= 11 is 0. The van der Waals surface area contributed by atoms with Gasteiger partial charge in [0.25, 0.3) is 0 Å². The molecule has 0 radical (unpaired) electrons. The van der Waals surface area contributed by atoms with Gasteiger partial charge in [-0.3, -0.25) is 4.72 Å². The molecule has 2 atom stereocenters. The van der Waals surface area contributed by atoms with E-state index >= 15 is 0 Å². The summed E-state index contributed by atoms with van der Waals surface area (Å²) < 4.78 is 20.0. The first-order chi connectivity index (χ1) is 14.5. The summed E-state index contributed by atoms with van der Waals surface area (Å²) in [5, 5.41) is 2.94. The lowest BCUT2D eigenvalue weighted by molar-refractivity contribution is 0.100. The molecule has 2 N–H and O–H groups in total. The van der Waals surface area contributed by atoms with E-state index in [-0.39, 0.29) is 6.10 Å². The molecule has 8 heteroatoms. The number of hydrogen-bond acceptors (Lipinski definition) is 5. The summed E-state index contributed by atoms with van der Waals surface area (Å²) in [5.41, 5.74) is 5.04. The van der Waals surface area contributed by atoms with Gasteiger partial charge in [0.2, 0.25) is 5.88 Å². The van der Waals surface area contributed by atoms with Gasteiger partial charge in [-0.1, -0.05) is 12.1 Å². The average Bonchev–Trinajstić information content (AvgIpc) is 3.17. The number of ether oxygens (including phenoxy) is 1. The molecule has 1 aliphatic carbocycles. The number of piperidine rings is 1. The predicted molar refractivity (Wildman–Crippen MR) is 119 cm³/mol. The van der Waals surface area contributed by atoms with Crippen molar-refractivity contribution in [2.75, 3.05) is 31.7 Å². The number of anilines is 1. The standard InChI is InChI=1S/C22H28N4O3S/c1-26-12-4-6-17(14-26)29-20-13-16(10-11-23-20)19-9-8-15-5-3-7-18(15)21(19)24-22(27)25-30(2)28/h8-11,13,17H,3-7,12,14H2,1-2H3,(H2,24,25,27). The van der Waals surface area contributed by atoms with E-state index in [0.717, 1.165) is 67.6 Å². The zero-order valence-electron chi connectivity index (χ0n) is 17.4.